The number of hydrogen-bond acceptors (Lipinski definition) is 4. The Morgan fingerprint density at radius 2 is 1.34 bits per heavy atom. The number of nitrogens with two attached hydrogens (primary N) is 1. The molecule has 0 fully saturated rings. The van der Waals surface area contributed by atoms with Crippen molar-refractivity contribution in [1.82, 2.24) is 4.90 Å². The molecule has 3 atom stereocenters. The molecule has 0 unspecified atom stereocenters. The molecule has 0 aliphatic heterocycles. The molecule has 0 saturated carbocycles. The van der Waals surface area contributed by atoms with Gasteiger partial charge in [-0.1, -0.05) is 60.7 Å². The molecule has 0 aliphatic rings. The summed E-state index contributed by atoms with van der Waals surface area (Å²) in [6.07, 6.45) is -3.65. The molecular formula is C22H29F3N2O2. The van der Waals surface area contributed by atoms with E-state index in [1.165, 1.54) is 11.1 Å². The summed E-state index contributed by atoms with van der Waals surface area (Å²) in [4.78, 5) is 13.3. The topological polar surface area (TPSA) is 66.6 Å². The third kappa shape index (κ3) is 7.97. The minimum atomic E-state index is -4.65. The summed E-state index contributed by atoms with van der Waals surface area (Å²) < 4.78 is 35.3. The van der Waals surface area contributed by atoms with Crippen molar-refractivity contribution in [2.24, 2.45) is 5.73 Å². The van der Waals surface area contributed by atoms with Crippen LogP contribution in [0.5, 0.6) is 0 Å². The number of halogens is 3. The van der Waals surface area contributed by atoms with E-state index in [9.17, 15) is 18.0 Å². The molecular weight excluding hydrogens is 381 g/mol. The van der Waals surface area contributed by atoms with E-state index in [0.29, 0.717) is 6.92 Å². The normalized spacial score (nSPS) is 15.6. The molecule has 160 valence electrons. The van der Waals surface area contributed by atoms with Crippen LogP contribution in [0, 0.1) is 0 Å². The summed E-state index contributed by atoms with van der Waals surface area (Å²) in [5.41, 5.74) is 4.56. The largest absolute Gasteiger partial charge is 0.418 e. The molecule has 0 heterocycles. The van der Waals surface area contributed by atoms with Crippen molar-refractivity contribution in [3.8, 4) is 0 Å². The molecule has 2 rings (SSSR count). The van der Waals surface area contributed by atoms with Gasteiger partial charge in [0.05, 0.1) is 6.04 Å². The number of benzene rings is 2. The summed E-state index contributed by atoms with van der Waals surface area (Å²) in [5.74, 6) is 0. The van der Waals surface area contributed by atoms with Crippen molar-refractivity contribution in [3.05, 3.63) is 71.8 Å². The Morgan fingerprint density at radius 1 is 0.966 bits per heavy atom. The van der Waals surface area contributed by atoms with Gasteiger partial charge in [0.1, 0.15) is 6.29 Å². The van der Waals surface area contributed by atoms with E-state index in [-0.39, 0.29) is 6.04 Å². The van der Waals surface area contributed by atoms with Crippen LogP contribution in [0.25, 0.3) is 0 Å². The van der Waals surface area contributed by atoms with Gasteiger partial charge in [0, 0.05) is 19.1 Å². The Morgan fingerprint density at radius 3 is 1.59 bits per heavy atom. The van der Waals surface area contributed by atoms with Crippen LogP contribution < -0.4 is 5.73 Å². The van der Waals surface area contributed by atoms with Crippen LogP contribution in [-0.4, -0.2) is 40.2 Å². The van der Waals surface area contributed by atoms with E-state index in [1.54, 1.807) is 0 Å². The van der Waals surface area contributed by atoms with Crippen molar-refractivity contribution in [2.75, 3.05) is 0 Å². The summed E-state index contributed by atoms with van der Waals surface area (Å²) in [7, 11) is 0. The van der Waals surface area contributed by atoms with Crippen LogP contribution in [-0.2, 0) is 17.9 Å². The van der Waals surface area contributed by atoms with E-state index in [0.717, 1.165) is 26.3 Å². The van der Waals surface area contributed by atoms with Crippen LogP contribution in [0.15, 0.2) is 60.7 Å². The Kier molecular flexibility index (Phi) is 9.49. The standard InChI is InChI=1S/C17H19NO.C5H10F3NO/c1-15(14-19)18(12-16-8-4-2-5-9-16)13-17-10-6-3-7-11-17;1-3(9)4(2,10)5(6,7)8/h2-11,14-15H,12-13H2,1H3;3,10H,9H2,1-2H3/t15-;3-,4+/m00/s1. The summed E-state index contributed by atoms with van der Waals surface area (Å²) in [5, 5.41) is 8.68. The lowest BCUT2D eigenvalue weighted by Crippen LogP contribution is -2.54. The Labute approximate surface area is 170 Å². The highest BCUT2D eigenvalue weighted by atomic mass is 19.4. The molecule has 2 aromatic rings. The van der Waals surface area contributed by atoms with Crippen molar-refractivity contribution in [2.45, 2.75) is 57.7 Å². The maximum Gasteiger partial charge on any atom is 0.418 e. The van der Waals surface area contributed by atoms with Crippen LogP contribution >= 0.6 is 0 Å². The van der Waals surface area contributed by atoms with E-state index in [2.05, 4.69) is 29.2 Å². The van der Waals surface area contributed by atoms with Gasteiger partial charge in [0.15, 0.2) is 5.60 Å². The SMILES string of the molecule is C[C@@H](C=O)N(Cc1ccccc1)Cc1ccccc1.C[C@H](N)[C@@](C)(O)C(F)(F)F. The quantitative estimate of drug-likeness (QED) is 0.679. The first-order chi connectivity index (χ1) is 13.5. The third-order valence-corrected chi connectivity index (χ3v) is 4.69. The first-order valence-corrected chi connectivity index (χ1v) is 9.31. The molecule has 7 heteroatoms. The van der Waals surface area contributed by atoms with E-state index in [4.69, 9.17) is 10.8 Å². The molecule has 0 spiro atoms. The number of carbonyl (C=O) groups excluding carboxylic acids is 1. The van der Waals surface area contributed by atoms with Gasteiger partial charge < -0.3 is 15.6 Å². The van der Waals surface area contributed by atoms with E-state index >= 15 is 0 Å². The fraction of sp³-hybridized carbons (Fsp3) is 0.409. The molecule has 0 radical (unpaired) electrons. The molecule has 0 aliphatic carbocycles. The molecule has 4 nitrogen and oxygen atoms in total. The average molecular weight is 410 g/mol. The Balaban J connectivity index is 0.000000359. The molecule has 0 bridgehead atoms. The second-order valence-electron chi connectivity index (χ2n) is 7.19. The minimum Gasteiger partial charge on any atom is -0.379 e. The zero-order valence-electron chi connectivity index (χ0n) is 16.9. The van der Waals surface area contributed by atoms with Gasteiger partial charge in [-0.05, 0) is 31.9 Å². The Hall–Kier alpha value is -2.22. The Bertz CT molecular complexity index is 678. The van der Waals surface area contributed by atoms with Crippen LogP contribution in [0.1, 0.15) is 31.9 Å². The first kappa shape index (κ1) is 24.8. The number of rotatable bonds is 7. The van der Waals surface area contributed by atoms with E-state index in [1.807, 2.05) is 43.3 Å². The average Bonchev–Trinajstić information content (AvgIpc) is 2.68. The molecule has 2 aromatic carbocycles. The molecule has 0 amide bonds. The molecule has 0 aromatic heterocycles. The number of aldehydes is 1. The monoisotopic (exact) mass is 410 g/mol. The number of aliphatic hydroxyl groups is 1. The van der Waals surface area contributed by atoms with Gasteiger partial charge in [0.25, 0.3) is 0 Å². The lowest BCUT2D eigenvalue weighted by Gasteiger charge is -2.29. The highest BCUT2D eigenvalue weighted by Gasteiger charge is 2.52. The summed E-state index contributed by atoms with van der Waals surface area (Å²) in [6.45, 7) is 5.27. The number of alkyl halides is 3. The van der Waals surface area contributed by atoms with Gasteiger partial charge in [-0.15, -0.1) is 0 Å². The second kappa shape index (κ2) is 11.1. The number of carbonyl (C=O) groups is 1. The number of hydrogen-bond donors (Lipinski definition) is 2. The highest BCUT2D eigenvalue weighted by molar-refractivity contribution is 5.56. The zero-order valence-corrected chi connectivity index (χ0v) is 16.9. The van der Waals surface area contributed by atoms with Gasteiger partial charge in [-0.25, -0.2) is 0 Å². The third-order valence-electron chi connectivity index (χ3n) is 4.69. The summed E-state index contributed by atoms with van der Waals surface area (Å²) >= 11 is 0. The van der Waals surface area contributed by atoms with Crippen molar-refractivity contribution < 1.29 is 23.1 Å². The van der Waals surface area contributed by atoms with Crippen LogP contribution in [0.4, 0.5) is 13.2 Å². The van der Waals surface area contributed by atoms with Crippen molar-refractivity contribution in [1.29, 1.82) is 0 Å². The van der Waals surface area contributed by atoms with Gasteiger partial charge in [-0.2, -0.15) is 13.2 Å². The molecule has 29 heavy (non-hydrogen) atoms. The van der Waals surface area contributed by atoms with Crippen molar-refractivity contribution in [3.63, 3.8) is 0 Å². The predicted octanol–water partition coefficient (Wildman–Crippen LogP) is 3.92. The maximum atomic E-state index is 11.8. The fourth-order valence-electron chi connectivity index (χ4n) is 2.32. The zero-order chi connectivity index (χ0) is 22.1. The lowest BCUT2D eigenvalue weighted by atomic mass is 9.98. The smallest absolute Gasteiger partial charge is 0.379 e. The van der Waals surface area contributed by atoms with Gasteiger partial charge in [0.2, 0.25) is 0 Å². The fourth-order valence-corrected chi connectivity index (χ4v) is 2.32. The van der Waals surface area contributed by atoms with Gasteiger partial charge >= 0.3 is 6.18 Å². The van der Waals surface area contributed by atoms with E-state index < -0.39 is 17.8 Å². The van der Waals surface area contributed by atoms with Crippen LogP contribution in [0.3, 0.4) is 0 Å². The number of nitrogens with zero attached hydrogens (tertiary/aromatic N) is 1. The molecule has 3 N–H and O–H groups in total. The highest BCUT2D eigenvalue weighted by Crippen LogP contribution is 2.31. The van der Waals surface area contributed by atoms with Crippen LogP contribution in [0.2, 0.25) is 0 Å². The molecule has 0 saturated heterocycles. The maximum absolute atomic E-state index is 11.8. The first-order valence-electron chi connectivity index (χ1n) is 9.31. The predicted molar refractivity (Wildman–Crippen MR) is 108 cm³/mol. The minimum absolute atomic E-state index is 0.0830. The van der Waals surface area contributed by atoms with Gasteiger partial charge in [-0.3, -0.25) is 4.90 Å². The summed E-state index contributed by atoms with van der Waals surface area (Å²) in [6, 6.07) is 19.1. The lowest BCUT2D eigenvalue weighted by molar-refractivity contribution is -0.258. The van der Waals surface area contributed by atoms with Crippen molar-refractivity contribution >= 4 is 6.29 Å². The second-order valence-corrected chi connectivity index (χ2v) is 7.19.